The Morgan fingerprint density at radius 2 is 1.60 bits per heavy atom. The Kier molecular flexibility index (Phi) is 5.77. The number of aryl methyl sites for hydroxylation is 1. The van der Waals surface area contributed by atoms with Crippen LogP contribution >= 0.6 is 15.9 Å². The zero-order chi connectivity index (χ0) is 14.4. The van der Waals surface area contributed by atoms with E-state index in [1.54, 1.807) is 6.07 Å². The zero-order valence-electron chi connectivity index (χ0n) is 11.6. The van der Waals surface area contributed by atoms with Gasteiger partial charge in [-0.1, -0.05) is 53.7 Å². The number of hydrogen-bond donors (Lipinski definition) is 1. The Labute approximate surface area is 128 Å². The van der Waals surface area contributed by atoms with Crippen molar-refractivity contribution in [2.24, 2.45) is 0 Å². The molecule has 108 valence electrons. The number of rotatable bonds is 8. The highest BCUT2D eigenvalue weighted by Crippen LogP contribution is 2.22. The van der Waals surface area contributed by atoms with Gasteiger partial charge in [-0.05, 0) is 30.9 Å². The van der Waals surface area contributed by atoms with E-state index in [0.717, 1.165) is 23.7 Å². The van der Waals surface area contributed by atoms with Crippen LogP contribution in [0.3, 0.4) is 0 Å². The topological polar surface area (TPSA) is 46.2 Å². The molecule has 0 bridgehead atoms. The van der Waals surface area contributed by atoms with Gasteiger partial charge in [-0.15, -0.1) is 0 Å². The molecule has 0 atom stereocenters. The van der Waals surface area contributed by atoms with Crippen LogP contribution in [-0.4, -0.2) is 17.1 Å². The number of carbonyl (C=O) groups is 2. The first-order chi connectivity index (χ1) is 9.74. The molecule has 0 aromatic heterocycles. The van der Waals surface area contributed by atoms with E-state index in [9.17, 15) is 9.59 Å². The summed E-state index contributed by atoms with van der Waals surface area (Å²) in [4.78, 5) is 23.3. The summed E-state index contributed by atoms with van der Waals surface area (Å²) in [6, 6.07) is 5.55. The van der Waals surface area contributed by atoms with Crippen molar-refractivity contribution in [3.05, 3.63) is 34.9 Å². The van der Waals surface area contributed by atoms with Crippen LogP contribution in [0.2, 0.25) is 0 Å². The summed E-state index contributed by atoms with van der Waals surface area (Å²) >= 11 is 3.44. The third kappa shape index (κ3) is 3.69. The van der Waals surface area contributed by atoms with E-state index in [1.807, 2.05) is 12.1 Å². The highest BCUT2D eigenvalue weighted by Gasteiger charge is 2.28. The number of fused-ring (bicyclic) bond motifs is 1. The Morgan fingerprint density at radius 3 is 2.35 bits per heavy atom. The van der Waals surface area contributed by atoms with Gasteiger partial charge in [0.15, 0.2) is 0 Å². The van der Waals surface area contributed by atoms with Crippen LogP contribution in [0.4, 0.5) is 0 Å². The van der Waals surface area contributed by atoms with Gasteiger partial charge in [0.25, 0.3) is 11.8 Å². The second kappa shape index (κ2) is 7.58. The molecule has 1 N–H and O–H groups in total. The van der Waals surface area contributed by atoms with E-state index >= 15 is 0 Å². The maximum absolute atomic E-state index is 11.8. The predicted octanol–water partition coefficient (Wildman–Crippen LogP) is 3.85. The second-order valence-corrected chi connectivity index (χ2v) is 5.98. The van der Waals surface area contributed by atoms with Crippen molar-refractivity contribution in [3.8, 4) is 0 Å². The average Bonchev–Trinajstić information content (AvgIpc) is 2.74. The van der Waals surface area contributed by atoms with E-state index in [1.165, 1.54) is 32.1 Å². The van der Waals surface area contributed by atoms with Crippen molar-refractivity contribution in [2.75, 3.05) is 5.33 Å². The van der Waals surface area contributed by atoms with Gasteiger partial charge in [-0.2, -0.15) is 0 Å². The fraction of sp³-hybridized carbons (Fsp3) is 0.500. The minimum atomic E-state index is -0.262. The Hall–Kier alpha value is -1.16. The van der Waals surface area contributed by atoms with Crippen molar-refractivity contribution >= 4 is 27.7 Å². The van der Waals surface area contributed by atoms with Crippen molar-refractivity contribution in [3.63, 3.8) is 0 Å². The molecule has 4 heteroatoms. The fourth-order valence-electron chi connectivity index (χ4n) is 2.62. The second-order valence-electron chi connectivity index (χ2n) is 5.18. The molecule has 0 saturated carbocycles. The molecular formula is C16H20BrNO2. The maximum Gasteiger partial charge on any atom is 0.259 e. The number of carbonyl (C=O) groups excluding carboxylic acids is 2. The Balaban J connectivity index is 1.83. The van der Waals surface area contributed by atoms with Crippen LogP contribution < -0.4 is 5.32 Å². The van der Waals surface area contributed by atoms with E-state index in [4.69, 9.17) is 0 Å². The Morgan fingerprint density at radius 1 is 0.900 bits per heavy atom. The first-order valence-corrected chi connectivity index (χ1v) is 8.39. The van der Waals surface area contributed by atoms with Crippen molar-refractivity contribution in [2.45, 2.75) is 44.9 Å². The number of imide groups is 1. The summed E-state index contributed by atoms with van der Waals surface area (Å²) in [6.45, 7) is 0. The smallest absolute Gasteiger partial charge is 0.259 e. The molecule has 2 rings (SSSR count). The molecule has 0 unspecified atom stereocenters. The van der Waals surface area contributed by atoms with Gasteiger partial charge in [0.2, 0.25) is 0 Å². The molecule has 0 radical (unpaired) electrons. The standard InChI is InChI=1S/C16H20BrNO2/c17-11-6-4-2-1-3-5-8-12-9-7-10-13-14(12)16(20)18-15(13)19/h7,9-10H,1-6,8,11H2,(H,18,19,20). The molecule has 1 aromatic carbocycles. The number of halogens is 1. The average molecular weight is 338 g/mol. The summed E-state index contributed by atoms with van der Waals surface area (Å²) in [6.07, 6.45) is 8.18. The molecule has 20 heavy (non-hydrogen) atoms. The zero-order valence-corrected chi connectivity index (χ0v) is 13.2. The number of alkyl halides is 1. The van der Waals surface area contributed by atoms with E-state index < -0.39 is 0 Å². The van der Waals surface area contributed by atoms with E-state index in [2.05, 4.69) is 21.2 Å². The van der Waals surface area contributed by atoms with Crippen LogP contribution in [0, 0.1) is 0 Å². The largest absolute Gasteiger partial charge is 0.288 e. The minimum Gasteiger partial charge on any atom is -0.288 e. The lowest BCUT2D eigenvalue weighted by Gasteiger charge is -2.05. The van der Waals surface area contributed by atoms with E-state index in [-0.39, 0.29) is 11.8 Å². The van der Waals surface area contributed by atoms with Gasteiger partial charge in [-0.3, -0.25) is 14.9 Å². The van der Waals surface area contributed by atoms with Crippen LogP contribution in [0.1, 0.15) is 64.8 Å². The molecule has 0 spiro atoms. The van der Waals surface area contributed by atoms with Gasteiger partial charge >= 0.3 is 0 Å². The summed E-state index contributed by atoms with van der Waals surface area (Å²) in [5.41, 5.74) is 2.13. The molecular weight excluding hydrogens is 318 g/mol. The minimum absolute atomic E-state index is 0.238. The third-order valence-electron chi connectivity index (χ3n) is 3.68. The van der Waals surface area contributed by atoms with Crippen LogP contribution in [0.25, 0.3) is 0 Å². The summed E-state index contributed by atoms with van der Waals surface area (Å²) in [7, 11) is 0. The monoisotopic (exact) mass is 337 g/mol. The van der Waals surface area contributed by atoms with Gasteiger partial charge in [0.05, 0.1) is 11.1 Å². The van der Waals surface area contributed by atoms with Gasteiger partial charge in [0, 0.05) is 5.33 Å². The Bertz CT molecular complexity index is 499. The molecule has 0 fully saturated rings. The number of amides is 2. The van der Waals surface area contributed by atoms with Gasteiger partial charge in [-0.25, -0.2) is 0 Å². The molecule has 2 amide bonds. The number of benzene rings is 1. The number of unbranched alkanes of at least 4 members (excludes halogenated alkanes) is 5. The fourth-order valence-corrected chi connectivity index (χ4v) is 3.01. The summed E-state index contributed by atoms with van der Waals surface area (Å²) in [5, 5.41) is 3.45. The lowest BCUT2D eigenvalue weighted by Crippen LogP contribution is -2.20. The van der Waals surface area contributed by atoms with Crippen LogP contribution in [0.5, 0.6) is 0 Å². The number of nitrogens with one attached hydrogen (secondary N) is 1. The normalized spacial score (nSPS) is 13.4. The van der Waals surface area contributed by atoms with Crippen LogP contribution in [0.15, 0.2) is 18.2 Å². The quantitative estimate of drug-likeness (QED) is 0.445. The number of hydrogen-bond acceptors (Lipinski definition) is 2. The summed E-state index contributed by atoms with van der Waals surface area (Å²) < 4.78 is 0. The highest BCUT2D eigenvalue weighted by molar-refractivity contribution is 9.09. The SMILES string of the molecule is O=C1NC(=O)c2c(CCCCCCCCBr)cccc21. The van der Waals surface area contributed by atoms with Gasteiger partial charge < -0.3 is 0 Å². The molecule has 1 aliphatic rings. The van der Waals surface area contributed by atoms with E-state index in [0.29, 0.717) is 11.1 Å². The highest BCUT2D eigenvalue weighted by atomic mass is 79.9. The molecule has 0 saturated heterocycles. The molecule has 1 aliphatic heterocycles. The van der Waals surface area contributed by atoms with Crippen molar-refractivity contribution in [1.29, 1.82) is 0 Å². The first-order valence-electron chi connectivity index (χ1n) is 7.27. The van der Waals surface area contributed by atoms with Crippen molar-refractivity contribution in [1.82, 2.24) is 5.32 Å². The van der Waals surface area contributed by atoms with Crippen LogP contribution in [-0.2, 0) is 6.42 Å². The maximum atomic E-state index is 11.8. The first kappa shape index (κ1) is 15.2. The lowest BCUT2D eigenvalue weighted by atomic mass is 9.97. The predicted molar refractivity (Wildman–Crippen MR) is 83.4 cm³/mol. The van der Waals surface area contributed by atoms with Crippen molar-refractivity contribution < 1.29 is 9.59 Å². The molecule has 1 heterocycles. The summed E-state index contributed by atoms with van der Waals surface area (Å²) in [5.74, 6) is -0.500. The molecule has 0 aliphatic carbocycles. The van der Waals surface area contributed by atoms with Gasteiger partial charge in [0.1, 0.15) is 0 Å². The molecule has 1 aromatic rings. The molecule has 3 nitrogen and oxygen atoms in total. The lowest BCUT2D eigenvalue weighted by molar-refractivity contribution is 0.0879. The third-order valence-corrected chi connectivity index (χ3v) is 4.24.